The molecule has 1 aliphatic rings. The fourth-order valence-electron chi connectivity index (χ4n) is 1.24. The van der Waals surface area contributed by atoms with Gasteiger partial charge in [-0.15, -0.1) is 0 Å². The summed E-state index contributed by atoms with van der Waals surface area (Å²) in [6, 6.07) is 0. The van der Waals surface area contributed by atoms with Crippen LogP contribution in [0.25, 0.3) is 0 Å². The van der Waals surface area contributed by atoms with Crippen LogP contribution in [0.5, 0.6) is 0 Å². The summed E-state index contributed by atoms with van der Waals surface area (Å²) in [4.78, 5) is 4.22. The first kappa shape index (κ1) is 8.93. The maximum atomic E-state index is 8.40. The molecule has 0 aliphatic carbocycles. The molecule has 4 nitrogen and oxygen atoms in total. The first-order valence-electron chi connectivity index (χ1n) is 3.76. The Morgan fingerprint density at radius 1 is 1.45 bits per heavy atom. The van der Waals surface area contributed by atoms with Crippen molar-refractivity contribution in [2.45, 2.75) is 38.3 Å². The Kier molecular flexibility index (Phi) is 3.26. The molecule has 66 valence electrons. The van der Waals surface area contributed by atoms with E-state index in [0.717, 1.165) is 12.8 Å². The average Bonchev–Trinajstić information content (AvgIpc) is 2.04. The van der Waals surface area contributed by atoms with Crippen molar-refractivity contribution >= 4 is 0 Å². The van der Waals surface area contributed by atoms with Crippen LogP contribution in [-0.2, 0) is 14.4 Å². The molecule has 0 unspecified atom stereocenters. The highest BCUT2D eigenvalue weighted by Crippen LogP contribution is 2.21. The van der Waals surface area contributed by atoms with Crippen LogP contribution in [0.2, 0.25) is 0 Å². The SMILES string of the molecule is CO[C@H]1CC[C@H](OO)[C@@H](C)O1. The maximum absolute atomic E-state index is 8.40. The summed E-state index contributed by atoms with van der Waals surface area (Å²) < 4.78 is 10.3. The molecule has 0 amide bonds. The van der Waals surface area contributed by atoms with Gasteiger partial charge in [-0.3, -0.25) is 5.26 Å². The Bertz CT molecular complexity index is 117. The highest BCUT2D eigenvalue weighted by Gasteiger charge is 2.28. The van der Waals surface area contributed by atoms with Crippen molar-refractivity contribution in [3.63, 3.8) is 0 Å². The summed E-state index contributed by atoms with van der Waals surface area (Å²) in [7, 11) is 1.61. The predicted molar refractivity (Wildman–Crippen MR) is 38.1 cm³/mol. The highest BCUT2D eigenvalue weighted by atomic mass is 17.1. The summed E-state index contributed by atoms with van der Waals surface area (Å²) in [6.07, 6.45) is 1.10. The topological polar surface area (TPSA) is 47.9 Å². The Balaban J connectivity index is 2.34. The second kappa shape index (κ2) is 4.01. The van der Waals surface area contributed by atoms with Crippen LogP contribution in [0.4, 0.5) is 0 Å². The van der Waals surface area contributed by atoms with E-state index in [2.05, 4.69) is 4.89 Å². The quantitative estimate of drug-likeness (QED) is 0.486. The van der Waals surface area contributed by atoms with Crippen LogP contribution in [0.15, 0.2) is 0 Å². The molecule has 3 atom stereocenters. The summed E-state index contributed by atoms with van der Waals surface area (Å²) in [5.74, 6) is 0. The number of rotatable bonds is 2. The zero-order valence-corrected chi connectivity index (χ0v) is 6.82. The van der Waals surface area contributed by atoms with E-state index in [4.69, 9.17) is 14.7 Å². The molecule has 0 aromatic rings. The minimum atomic E-state index is -0.207. The van der Waals surface area contributed by atoms with Crippen molar-refractivity contribution in [3.05, 3.63) is 0 Å². The van der Waals surface area contributed by atoms with Crippen molar-refractivity contribution in [2.75, 3.05) is 7.11 Å². The molecule has 4 heteroatoms. The molecule has 1 saturated heterocycles. The number of hydrogen-bond donors (Lipinski definition) is 1. The fourth-order valence-corrected chi connectivity index (χ4v) is 1.24. The largest absolute Gasteiger partial charge is 0.356 e. The van der Waals surface area contributed by atoms with Crippen molar-refractivity contribution in [3.8, 4) is 0 Å². The van der Waals surface area contributed by atoms with Crippen LogP contribution in [0.3, 0.4) is 0 Å². The molecule has 1 heterocycles. The Hall–Kier alpha value is -0.160. The molecule has 0 bridgehead atoms. The van der Waals surface area contributed by atoms with Gasteiger partial charge in [0.1, 0.15) is 6.10 Å². The Morgan fingerprint density at radius 3 is 2.64 bits per heavy atom. The van der Waals surface area contributed by atoms with E-state index in [1.54, 1.807) is 7.11 Å². The standard InChI is InChI=1S/C7H14O4/c1-5-6(11-8)3-4-7(9-2)10-5/h5-8H,3-4H2,1-2H3/t5-,6+,7-/m1/s1. The van der Waals surface area contributed by atoms with Crippen molar-refractivity contribution < 1.29 is 19.6 Å². The Morgan fingerprint density at radius 2 is 2.18 bits per heavy atom. The van der Waals surface area contributed by atoms with E-state index < -0.39 is 0 Å². The second-order valence-electron chi connectivity index (χ2n) is 2.73. The molecular weight excluding hydrogens is 148 g/mol. The zero-order chi connectivity index (χ0) is 8.27. The normalized spacial score (nSPS) is 39.0. The van der Waals surface area contributed by atoms with Crippen LogP contribution in [0.1, 0.15) is 19.8 Å². The summed E-state index contributed by atoms with van der Waals surface area (Å²) in [5.41, 5.74) is 0. The van der Waals surface area contributed by atoms with Gasteiger partial charge in [0.15, 0.2) is 6.29 Å². The van der Waals surface area contributed by atoms with Gasteiger partial charge >= 0.3 is 0 Å². The lowest BCUT2D eigenvalue weighted by molar-refractivity contribution is -0.327. The molecule has 1 rings (SSSR count). The molecule has 11 heavy (non-hydrogen) atoms. The van der Waals surface area contributed by atoms with Crippen molar-refractivity contribution in [1.29, 1.82) is 0 Å². The smallest absolute Gasteiger partial charge is 0.157 e. The zero-order valence-electron chi connectivity index (χ0n) is 6.82. The van der Waals surface area contributed by atoms with E-state index in [0.29, 0.717) is 0 Å². The third-order valence-corrected chi connectivity index (χ3v) is 1.98. The number of hydrogen-bond acceptors (Lipinski definition) is 4. The summed E-state index contributed by atoms with van der Waals surface area (Å²) in [6.45, 7) is 1.85. The monoisotopic (exact) mass is 162 g/mol. The Labute approximate surface area is 66.0 Å². The third-order valence-electron chi connectivity index (χ3n) is 1.98. The van der Waals surface area contributed by atoms with Gasteiger partial charge < -0.3 is 9.47 Å². The molecular formula is C7H14O4. The average molecular weight is 162 g/mol. The van der Waals surface area contributed by atoms with Gasteiger partial charge in [0.05, 0.1) is 6.10 Å². The summed E-state index contributed by atoms with van der Waals surface area (Å²) >= 11 is 0. The van der Waals surface area contributed by atoms with Gasteiger partial charge in [-0.25, -0.2) is 4.89 Å². The van der Waals surface area contributed by atoms with E-state index in [9.17, 15) is 0 Å². The second-order valence-corrected chi connectivity index (χ2v) is 2.73. The molecule has 1 fully saturated rings. The lowest BCUT2D eigenvalue weighted by Gasteiger charge is -2.31. The highest BCUT2D eigenvalue weighted by molar-refractivity contribution is 4.71. The molecule has 0 aromatic heterocycles. The minimum Gasteiger partial charge on any atom is -0.356 e. The van der Waals surface area contributed by atoms with Gasteiger partial charge in [0.25, 0.3) is 0 Å². The lowest BCUT2D eigenvalue weighted by Crippen LogP contribution is -2.38. The maximum Gasteiger partial charge on any atom is 0.157 e. The van der Waals surface area contributed by atoms with E-state index in [-0.39, 0.29) is 18.5 Å². The van der Waals surface area contributed by atoms with Crippen molar-refractivity contribution in [1.82, 2.24) is 0 Å². The fraction of sp³-hybridized carbons (Fsp3) is 1.00. The third kappa shape index (κ3) is 2.13. The van der Waals surface area contributed by atoms with Crippen LogP contribution >= 0.6 is 0 Å². The van der Waals surface area contributed by atoms with Crippen LogP contribution in [-0.4, -0.2) is 30.9 Å². The minimum absolute atomic E-state index is 0.0984. The van der Waals surface area contributed by atoms with Crippen molar-refractivity contribution in [2.24, 2.45) is 0 Å². The lowest BCUT2D eigenvalue weighted by atomic mass is 10.1. The van der Waals surface area contributed by atoms with E-state index >= 15 is 0 Å². The van der Waals surface area contributed by atoms with E-state index in [1.165, 1.54) is 0 Å². The van der Waals surface area contributed by atoms with Gasteiger partial charge in [-0.1, -0.05) is 0 Å². The van der Waals surface area contributed by atoms with Gasteiger partial charge in [-0.2, -0.15) is 0 Å². The molecule has 0 spiro atoms. The first-order chi connectivity index (χ1) is 5.27. The van der Waals surface area contributed by atoms with Gasteiger partial charge in [-0.05, 0) is 13.3 Å². The molecule has 0 radical (unpaired) electrons. The van der Waals surface area contributed by atoms with Crippen LogP contribution < -0.4 is 0 Å². The first-order valence-corrected chi connectivity index (χ1v) is 3.76. The summed E-state index contributed by atoms with van der Waals surface area (Å²) in [5, 5.41) is 8.40. The van der Waals surface area contributed by atoms with Gasteiger partial charge in [0.2, 0.25) is 0 Å². The number of methoxy groups -OCH3 is 1. The molecule has 0 aromatic carbocycles. The van der Waals surface area contributed by atoms with E-state index in [1.807, 2.05) is 6.92 Å². The molecule has 1 N–H and O–H groups in total. The van der Waals surface area contributed by atoms with Crippen LogP contribution in [0, 0.1) is 0 Å². The molecule has 0 saturated carbocycles. The van der Waals surface area contributed by atoms with Gasteiger partial charge in [0, 0.05) is 13.5 Å². The predicted octanol–water partition coefficient (Wildman–Crippen LogP) is 1.02. The molecule has 1 aliphatic heterocycles. The number of ether oxygens (including phenoxy) is 2.